The van der Waals surface area contributed by atoms with Gasteiger partial charge in [0.1, 0.15) is 5.75 Å². The number of rotatable bonds is 6. The summed E-state index contributed by atoms with van der Waals surface area (Å²) in [7, 11) is 0. The van der Waals surface area contributed by atoms with Gasteiger partial charge in [0.2, 0.25) is 5.91 Å². The van der Waals surface area contributed by atoms with Crippen molar-refractivity contribution >= 4 is 5.91 Å². The van der Waals surface area contributed by atoms with Gasteiger partial charge in [0.25, 0.3) is 0 Å². The fraction of sp³-hybridized carbons (Fsp3) is 0.632. The topological polar surface area (TPSA) is 55.6 Å². The van der Waals surface area contributed by atoms with Gasteiger partial charge in [-0.2, -0.15) is 0 Å². The lowest BCUT2D eigenvalue weighted by Crippen LogP contribution is -2.45. The molecule has 0 aliphatic carbocycles. The Hall–Kier alpha value is -1.55. The minimum Gasteiger partial charge on any atom is -0.494 e. The number of carbonyl (C=O) groups excluding carboxylic acids is 1. The second-order valence-electron chi connectivity index (χ2n) is 6.80. The average Bonchev–Trinajstić information content (AvgIpc) is 2.54. The summed E-state index contributed by atoms with van der Waals surface area (Å²) in [4.78, 5) is 14.3. The molecule has 0 bridgehead atoms. The van der Waals surface area contributed by atoms with Crippen LogP contribution in [0.15, 0.2) is 18.2 Å². The third-order valence-electron chi connectivity index (χ3n) is 4.84. The van der Waals surface area contributed by atoms with Crippen molar-refractivity contribution in [2.24, 2.45) is 11.7 Å². The summed E-state index contributed by atoms with van der Waals surface area (Å²) in [6, 6.07) is 6.27. The predicted molar refractivity (Wildman–Crippen MR) is 93.6 cm³/mol. The van der Waals surface area contributed by atoms with Crippen LogP contribution in [-0.4, -0.2) is 36.5 Å². The fourth-order valence-corrected chi connectivity index (χ4v) is 3.04. The van der Waals surface area contributed by atoms with E-state index in [4.69, 9.17) is 10.5 Å². The second-order valence-corrected chi connectivity index (χ2v) is 6.80. The molecule has 1 aromatic rings. The molecule has 1 aromatic carbocycles. The molecule has 4 nitrogen and oxygen atoms in total. The van der Waals surface area contributed by atoms with E-state index in [9.17, 15) is 4.79 Å². The maximum absolute atomic E-state index is 12.3. The number of likely N-dealkylation sites (tertiary alicyclic amines) is 1. The Balaban J connectivity index is 1.71. The molecule has 0 aromatic heterocycles. The molecule has 2 rings (SSSR count). The molecule has 1 amide bonds. The van der Waals surface area contributed by atoms with Gasteiger partial charge in [0.05, 0.1) is 6.61 Å². The Morgan fingerprint density at radius 1 is 1.39 bits per heavy atom. The molecule has 0 saturated carbocycles. The van der Waals surface area contributed by atoms with Crippen molar-refractivity contribution < 1.29 is 9.53 Å². The van der Waals surface area contributed by atoms with Gasteiger partial charge in [-0.3, -0.25) is 4.79 Å². The molecule has 2 N–H and O–H groups in total. The molecule has 4 heteroatoms. The normalized spacial score (nSPS) is 19.5. The van der Waals surface area contributed by atoms with Crippen molar-refractivity contribution in [1.29, 1.82) is 0 Å². The second kappa shape index (κ2) is 8.34. The Bertz CT molecular complexity index is 528. The van der Waals surface area contributed by atoms with E-state index in [1.54, 1.807) is 0 Å². The monoisotopic (exact) mass is 318 g/mol. The van der Waals surface area contributed by atoms with Crippen LogP contribution in [0, 0.1) is 19.8 Å². The van der Waals surface area contributed by atoms with Gasteiger partial charge in [-0.05, 0) is 69.2 Å². The van der Waals surface area contributed by atoms with Crippen molar-refractivity contribution in [2.75, 3.05) is 19.7 Å². The molecule has 0 unspecified atom stereocenters. The van der Waals surface area contributed by atoms with Crippen molar-refractivity contribution in [1.82, 2.24) is 4.90 Å². The van der Waals surface area contributed by atoms with Gasteiger partial charge in [-0.15, -0.1) is 0 Å². The van der Waals surface area contributed by atoms with Crippen LogP contribution >= 0.6 is 0 Å². The van der Waals surface area contributed by atoms with Crippen LogP contribution in [0.3, 0.4) is 0 Å². The molecule has 1 saturated heterocycles. The zero-order valence-corrected chi connectivity index (χ0v) is 14.7. The maximum atomic E-state index is 12.3. The molecular weight excluding hydrogens is 288 g/mol. The molecule has 1 fully saturated rings. The first kappa shape index (κ1) is 17.8. The summed E-state index contributed by atoms with van der Waals surface area (Å²) in [6.45, 7) is 8.48. The van der Waals surface area contributed by atoms with Crippen LogP contribution in [0.5, 0.6) is 5.75 Å². The van der Waals surface area contributed by atoms with E-state index in [1.165, 1.54) is 11.1 Å². The van der Waals surface area contributed by atoms with Crippen molar-refractivity contribution in [3.63, 3.8) is 0 Å². The Labute approximate surface area is 140 Å². The maximum Gasteiger partial charge on any atom is 0.222 e. The minimum absolute atomic E-state index is 0.165. The van der Waals surface area contributed by atoms with Crippen LogP contribution in [-0.2, 0) is 4.79 Å². The van der Waals surface area contributed by atoms with Crippen molar-refractivity contribution in [2.45, 2.75) is 52.5 Å². The third kappa shape index (κ3) is 5.24. The zero-order valence-electron chi connectivity index (χ0n) is 14.7. The standard InChI is InChI=1S/C19H30N2O2/c1-14-8-9-18(12-15(14)2)23-11-5-7-19(22)21-10-4-6-17(13-21)16(3)20/h8-9,12,16-17H,4-7,10-11,13,20H2,1-3H3/t16-,17+/m1/s1. The van der Waals surface area contributed by atoms with Gasteiger partial charge in [-0.1, -0.05) is 6.07 Å². The smallest absolute Gasteiger partial charge is 0.222 e. The van der Waals surface area contributed by atoms with Crippen molar-refractivity contribution in [3.05, 3.63) is 29.3 Å². The number of benzene rings is 1. The number of ether oxygens (including phenoxy) is 1. The fourth-order valence-electron chi connectivity index (χ4n) is 3.04. The number of nitrogens with zero attached hydrogens (tertiary/aromatic N) is 1. The van der Waals surface area contributed by atoms with E-state index in [0.717, 1.165) is 38.1 Å². The number of hydrogen-bond donors (Lipinski definition) is 1. The number of aryl methyl sites for hydroxylation is 2. The highest BCUT2D eigenvalue weighted by molar-refractivity contribution is 5.76. The lowest BCUT2D eigenvalue weighted by Gasteiger charge is -2.34. The lowest BCUT2D eigenvalue weighted by atomic mass is 9.92. The first-order chi connectivity index (χ1) is 11.0. The molecular formula is C19H30N2O2. The average molecular weight is 318 g/mol. The molecule has 2 atom stereocenters. The molecule has 23 heavy (non-hydrogen) atoms. The number of hydrogen-bond acceptors (Lipinski definition) is 3. The SMILES string of the molecule is Cc1ccc(OCCCC(=O)N2CCC[C@H]([C@@H](C)N)C2)cc1C. The van der Waals surface area contributed by atoms with Gasteiger partial charge >= 0.3 is 0 Å². The van der Waals surface area contributed by atoms with E-state index < -0.39 is 0 Å². The Morgan fingerprint density at radius 3 is 2.87 bits per heavy atom. The van der Waals surface area contributed by atoms with E-state index in [2.05, 4.69) is 26.0 Å². The quantitative estimate of drug-likeness (QED) is 0.820. The Morgan fingerprint density at radius 2 is 2.17 bits per heavy atom. The number of carbonyl (C=O) groups is 1. The van der Waals surface area contributed by atoms with Crippen LogP contribution in [0.25, 0.3) is 0 Å². The van der Waals surface area contributed by atoms with E-state index in [-0.39, 0.29) is 11.9 Å². The molecule has 0 radical (unpaired) electrons. The van der Waals surface area contributed by atoms with Crippen molar-refractivity contribution in [3.8, 4) is 5.75 Å². The van der Waals surface area contributed by atoms with Gasteiger partial charge in [-0.25, -0.2) is 0 Å². The highest BCUT2D eigenvalue weighted by Gasteiger charge is 2.25. The largest absolute Gasteiger partial charge is 0.494 e. The third-order valence-corrected chi connectivity index (χ3v) is 4.84. The molecule has 0 spiro atoms. The zero-order chi connectivity index (χ0) is 16.8. The van der Waals surface area contributed by atoms with Gasteiger partial charge in [0, 0.05) is 25.6 Å². The van der Waals surface area contributed by atoms with Gasteiger partial charge < -0.3 is 15.4 Å². The van der Waals surface area contributed by atoms with Crippen LogP contribution < -0.4 is 10.5 Å². The van der Waals surface area contributed by atoms with Gasteiger partial charge in [0.15, 0.2) is 0 Å². The van der Waals surface area contributed by atoms with Crippen LogP contribution in [0.4, 0.5) is 0 Å². The molecule has 1 aliphatic rings. The minimum atomic E-state index is 0.165. The first-order valence-corrected chi connectivity index (χ1v) is 8.71. The lowest BCUT2D eigenvalue weighted by molar-refractivity contribution is -0.133. The van der Waals surface area contributed by atoms with E-state index >= 15 is 0 Å². The van der Waals surface area contributed by atoms with E-state index in [1.807, 2.05) is 17.9 Å². The van der Waals surface area contributed by atoms with Crippen LogP contribution in [0.1, 0.15) is 43.7 Å². The number of piperidine rings is 1. The molecule has 1 aliphatic heterocycles. The summed E-state index contributed by atoms with van der Waals surface area (Å²) in [6.07, 6.45) is 3.51. The predicted octanol–water partition coefficient (Wildman–Crippen LogP) is 3.05. The first-order valence-electron chi connectivity index (χ1n) is 8.71. The van der Waals surface area contributed by atoms with Crippen LogP contribution in [0.2, 0.25) is 0 Å². The summed E-state index contributed by atoms with van der Waals surface area (Å²) < 4.78 is 5.75. The number of amides is 1. The molecule has 128 valence electrons. The summed E-state index contributed by atoms with van der Waals surface area (Å²) >= 11 is 0. The highest BCUT2D eigenvalue weighted by atomic mass is 16.5. The highest BCUT2D eigenvalue weighted by Crippen LogP contribution is 2.20. The Kier molecular flexibility index (Phi) is 6.46. The summed E-state index contributed by atoms with van der Waals surface area (Å²) in [5, 5.41) is 0. The summed E-state index contributed by atoms with van der Waals surface area (Å²) in [5.74, 6) is 1.56. The van der Waals surface area contributed by atoms with E-state index in [0.29, 0.717) is 18.9 Å². The summed E-state index contributed by atoms with van der Waals surface area (Å²) in [5.41, 5.74) is 8.48. The molecule has 1 heterocycles. The number of nitrogens with two attached hydrogens (primary N) is 1.